The van der Waals surface area contributed by atoms with Gasteiger partial charge in [0.2, 0.25) is 5.88 Å². The number of hydrogen-bond acceptors (Lipinski definition) is 3. The quantitative estimate of drug-likeness (QED) is 0.902. The zero-order valence-corrected chi connectivity index (χ0v) is 12.9. The Morgan fingerprint density at radius 1 is 1.23 bits per heavy atom. The Hall–Kier alpha value is -1.78. The fraction of sp³-hybridized carbons (Fsp3) is 0.647. The number of aromatic nitrogens is 1. The molecule has 5 atom stereocenters. The molecule has 1 aromatic heterocycles. The number of rotatable bonds is 3. The number of nitrogens with one attached hydrogen (secondary N) is 2. The van der Waals surface area contributed by atoms with Crippen molar-refractivity contribution in [2.24, 2.45) is 23.7 Å². The van der Waals surface area contributed by atoms with E-state index in [9.17, 15) is 4.79 Å². The predicted molar refractivity (Wildman–Crippen MR) is 83.8 cm³/mol. The van der Waals surface area contributed by atoms with Crippen LogP contribution in [0.4, 0.5) is 10.5 Å². The van der Waals surface area contributed by atoms with Crippen LogP contribution in [-0.2, 0) is 0 Å². The summed E-state index contributed by atoms with van der Waals surface area (Å²) in [5.74, 6) is 3.93. The third kappa shape index (κ3) is 2.32. The van der Waals surface area contributed by atoms with Gasteiger partial charge in [0.05, 0.1) is 19.0 Å². The summed E-state index contributed by atoms with van der Waals surface area (Å²) in [5, 5.41) is 6.06. The molecule has 0 radical (unpaired) electrons. The highest BCUT2D eigenvalue weighted by Crippen LogP contribution is 2.58. The first-order valence-electron chi connectivity index (χ1n) is 8.32. The molecule has 118 valence electrons. The van der Waals surface area contributed by atoms with Crippen LogP contribution in [0, 0.1) is 23.7 Å². The van der Waals surface area contributed by atoms with Crippen LogP contribution >= 0.6 is 0 Å². The second-order valence-electron chi connectivity index (χ2n) is 6.95. The number of urea groups is 1. The third-order valence-electron chi connectivity index (χ3n) is 5.95. The number of anilines is 1. The van der Waals surface area contributed by atoms with E-state index in [0.29, 0.717) is 23.5 Å². The van der Waals surface area contributed by atoms with Gasteiger partial charge in [-0.2, -0.15) is 0 Å². The number of carbonyl (C=O) groups is 1. The number of ether oxygens (including phenoxy) is 1. The molecule has 3 saturated carbocycles. The number of amides is 2. The molecule has 1 heterocycles. The maximum atomic E-state index is 12.2. The van der Waals surface area contributed by atoms with Gasteiger partial charge in [0.25, 0.3) is 0 Å². The molecule has 0 unspecified atom stereocenters. The molecular formula is C17H23N3O2. The molecule has 0 aliphatic heterocycles. The fourth-order valence-electron chi connectivity index (χ4n) is 5.14. The Bertz CT molecular complexity index is 560. The Morgan fingerprint density at radius 2 is 2.09 bits per heavy atom. The molecule has 5 heteroatoms. The fourth-order valence-corrected chi connectivity index (χ4v) is 5.14. The van der Waals surface area contributed by atoms with Crippen LogP contribution in [0.5, 0.6) is 5.88 Å². The van der Waals surface area contributed by atoms with Gasteiger partial charge in [-0.25, -0.2) is 9.78 Å². The van der Waals surface area contributed by atoms with Gasteiger partial charge in [0.1, 0.15) is 0 Å². The standard InChI is InChI=1S/C17H23N3O2/c1-22-16-6-5-11(9-18-16)19-17(21)20-15-8-10-7-14(15)13-4-2-3-12(10)13/h5-6,9-10,12-15H,2-4,7-8H2,1H3,(H2,19,20,21)/t10-,12+,13+,14+,15-/m1/s1. The van der Waals surface area contributed by atoms with Crippen molar-refractivity contribution in [1.82, 2.24) is 10.3 Å². The largest absolute Gasteiger partial charge is 0.481 e. The van der Waals surface area contributed by atoms with Gasteiger partial charge in [-0.15, -0.1) is 0 Å². The van der Waals surface area contributed by atoms with Crippen LogP contribution in [0.25, 0.3) is 0 Å². The van der Waals surface area contributed by atoms with E-state index in [0.717, 1.165) is 17.8 Å². The van der Waals surface area contributed by atoms with Crippen molar-refractivity contribution in [2.45, 2.75) is 38.1 Å². The van der Waals surface area contributed by atoms with Gasteiger partial charge in [-0.3, -0.25) is 0 Å². The summed E-state index contributed by atoms with van der Waals surface area (Å²) in [6.07, 6.45) is 8.28. The summed E-state index contributed by atoms with van der Waals surface area (Å²) >= 11 is 0. The predicted octanol–water partition coefficient (Wildman–Crippen LogP) is 3.04. The van der Waals surface area contributed by atoms with Crippen molar-refractivity contribution >= 4 is 11.7 Å². The van der Waals surface area contributed by atoms with Gasteiger partial charge in [-0.1, -0.05) is 6.42 Å². The Kier molecular flexibility index (Phi) is 3.43. The topological polar surface area (TPSA) is 63.2 Å². The molecule has 4 rings (SSSR count). The number of hydrogen-bond donors (Lipinski definition) is 2. The maximum absolute atomic E-state index is 12.2. The van der Waals surface area contributed by atoms with Crippen LogP contribution in [0.2, 0.25) is 0 Å². The van der Waals surface area contributed by atoms with Gasteiger partial charge < -0.3 is 15.4 Å². The number of carbonyl (C=O) groups excluding carboxylic acids is 1. The highest BCUT2D eigenvalue weighted by atomic mass is 16.5. The van der Waals surface area contributed by atoms with E-state index < -0.39 is 0 Å². The van der Waals surface area contributed by atoms with E-state index >= 15 is 0 Å². The maximum Gasteiger partial charge on any atom is 0.319 e. The second-order valence-corrected chi connectivity index (χ2v) is 6.95. The Balaban J connectivity index is 1.34. The van der Waals surface area contributed by atoms with E-state index in [1.165, 1.54) is 32.1 Å². The lowest BCUT2D eigenvalue weighted by Gasteiger charge is -2.32. The Morgan fingerprint density at radius 3 is 2.86 bits per heavy atom. The average Bonchev–Trinajstić information content (AvgIpc) is 3.20. The summed E-state index contributed by atoms with van der Waals surface area (Å²) in [7, 11) is 1.58. The molecule has 3 aliphatic carbocycles. The first-order valence-corrected chi connectivity index (χ1v) is 8.32. The SMILES string of the molecule is COc1ccc(NC(=O)N[C@@H]2C[C@H]3C[C@H]2[C@H]2CCC[C@@H]32)cn1. The Labute approximate surface area is 130 Å². The highest BCUT2D eigenvalue weighted by molar-refractivity contribution is 5.89. The third-order valence-corrected chi connectivity index (χ3v) is 5.95. The summed E-state index contributed by atoms with van der Waals surface area (Å²) in [4.78, 5) is 16.3. The lowest BCUT2D eigenvalue weighted by Crippen LogP contribution is -2.44. The van der Waals surface area contributed by atoms with Crippen molar-refractivity contribution < 1.29 is 9.53 Å². The van der Waals surface area contributed by atoms with Gasteiger partial charge in [0.15, 0.2) is 0 Å². The van der Waals surface area contributed by atoms with Crippen LogP contribution in [0.15, 0.2) is 18.3 Å². The number of methoxy groups -OCH3 is 1. The summed E-state index contributed by atoms with van der Waals surface area (Å²) < 4.78 is 5.02. The molecule has 3 fully saturated rings. The first kappa shape index (κ1) is 13.9. The van der Waals surface area contributed by atoms with Gasteiger partial charge >= 0.3 is 6.03 Å². The smallest absolute Gasteiger partial charge is 0.319 e. The molecule has 1 aromatic rings. The molecule has 2 bridgehead atoms. The molecule has 2 N–H and O–H groups in total. The molecule has 3 aliphatic rings. The molecule has 2 amide bonds. The summed E-state index contributed by atoms with van der Waals surface area (Å²) in [5.41, 5.74) is 0.695. The van der Waals surface area contributed by atoms with E-state index in [-0.39, 0.29) is 6.03 Å². The minimum atomic E-state index is -0.112. The lowest BCUT2D eigenvalue weighted by atomic mass is 9.79. The molecule has 0 spiro atoms. The van der Waals surface area contributed by atoms with Crippen molar-refractivity contribution in [3.63, 3.8) is 0 Å². The van der Waals surface area contributed by atoms with Crippen LogP contribution in [0.1, 0.15) is 32.1 Å². The number of nitrogens with zero attached hydrogens (tertiary/aromatic N) is 1. The number of fused-ring (bicyclic) bond motifs is 5. The summed E-state index contributed by atoms with van der Waals surface area (Å²) in [6, 6.07) is 3.80. The van der Waals surface area contributed by atoms with Gasteiger partial charge in [0, 0.05) is 12.1 Å². The monoisotopic (exact) mass is 301 g/mol. The first-order chi connectivity index (χ1) is 10.7. The minimum absolute atomic E-state index is 0.112. The number of pyridine rings is 1. The molecule has 0 saturated heterocycles. The second kappa shape index (κ2) is 5.45. The van der Waals surface area contributed by atoms with E-state index in [4.69, 9.17) is 4.74 Å². The van der Waals surface area contributed by atoms with Gasteiger partial charge in [-0.05, 0) is 55.4 Å². The normalized spacial score (nSPS) is 35.2. The molecular weight excluding hydrogens is 278 g/mol. The van der Waals surface area contributed by atoms with Crippen molar-refractivity contribution in [2.75, 3.05) is 12.4 Å². The van der Waals surface area contributed by atoms with E-state index in [1.54, 1.807) is 25.4 Å². The van der Waals surface area contributed by atoms with Crippen LogP contribution in [-0.4, -0.2) is 24.2 Å². The van der Waals surface area contributed by atoms with Crippen LogP contribution in [0.3, 0.4) is 0 Å². The molecule has 0 aromatic carbocycles. The zero-order valence-electron chi connectivity index (χ0n) is 12.9. The minimum Gasteiger partial charge on any atom is -0.481 e. The average molecular weight is 301 g/mol. The van der Waals surface area contributed by atoms with E-state index in [2.05, 4.69) is 15.6 Å². The van der Waals surface area contributed by atoms with Crippen molar-refractivity contribution in [1.29, 1.82) is 0 Å². The van der Waals surface area contributed by atoms with Crippen molar-refractivity contribution in [3.8, 4) is 5.88 Å². The van der Waals surface area contributed by atoms with Crippen molar-refractivity contribution in [3.05, 3.63) is 18.3 Å². The van der Waals surface area contributed by atoms with Crippen LogP contribution < -0.4 is 15.4 Å². The zero-order chi connectivity index (χ0) is 15.1. The summed E-state index contributed by atoms with van der Waals surface area (Å²) in [6.45, 7) is 0. The van der Waals surface area contributed by atoms with E-state index in [1.807, 2.05) is 0 Å². The molecule has 5 nitrogen and oxygen atoms in total. The lowest BCUT2D eigenvalue weighted by molar-refractivity contribution is 0.203. The highest BCUT2D eigenvalue weighted by Gasteiger charge is 2.54. The molecule has 22 heavy (non-hydrogen) atoms.